The average molecular weight is 455 g/mol. The number of aromatic nitrogens is 1. The lowest BCUT2D eigenvalue weighted by atomic mass is 9.91. The van der Waals surface area contributed by atoms with Crippen molar-refractivity contribution in [3.05, 3.63) is 95.3 Å². The number of amides is 1. The zero-order chi connectivity index (χ0) is 23.2. The maximum Gasteiger partial charge on any atom is 0.339 e. The summed E-state index contributed by atoms with van der Waals surface area (Å²) in [7, 11) is 0. The van der Waals surface area contributed by atoms with Gasteiger partial charge in [0.15, 0.2) is 5.60 Å². The third-order valence-electron chi connectivity index (χ3n) is 7.36. The normalized spacial score (nSPS) is 21.9. The number of pyridine rings is 1. The smallest absolute Gasteiger partial charge is 0.339 e. The summed E-state index contributed by atoms with van der Waals surface area (Å²) in [4.78, 5) is 32.2. The Morgan fingerprint density at radius 2 is 1.79 bits per heavy atom. The van der Waals surface area contributed by atoms with Crippen molar-refractivity contribution in [2.45, 2.75) is 36.7 Å². The highest BCUT2D eigenvalue weighted by molar-refractivity contribution is 5.96. The van der Waals surface area contributed by atoms with Crippen LogP contribution < -0.4 is 4.74 Å². The van der Waals surface area contributed by atoms with Crippen molar-refractivity contribution in [3.8, 4) is 5.75 Å². The minimum atomic E-state index is -0.704. The van der Waals surface area contributed by atoms with Crippen molar-refractivity contribution in [2.75, 3.05) is 19.7 Å². The van der Waals surface area contributed by atoms with Crippen molar-refractivity contribution < 1.29 is 19.1 Å². The number of hydrogen-bond acceptors (Lipinski definition) is 5. The van der Waals surface area contributed by atoms with E-state index in [2.05, 4.69) is 4.98 Å². The number of hydrogen-bond donors (Lipinski definition) is 0. The Morgan fingerprint density at radius 3 is 2.56 bits per heavy atom. The number of likely N-dealkylation sites (tertiary alicyclic amines) is 1. The summed E-state index contributed by atoms with van der Waals surface area (Å²) in [6.45, 7) is 1.57. The molecule has 172 valence electrons. The minimum Gasteiger partial charge on any atom is -0.493 e. The number of carbonyl (C=O) groups excluding carboxylic acids is 2. The van der Waals surface area contributed by atoms with Gasteiger partial charge in [-0.05, 0) is 48.7 Å². The molecule has 2 fully saturated rings. The van der Waals surface area contributed by atoms with Crippen molar-refractivity contribution in [3.63, 3.8) is 0 Å². The van der Waals surface area contributed by atoms with E-state index in [1.54, 1.807) is 12.3 Å². The van der Waals surface area contributed by atoms with E-state index in [4.69, 9.17) is 9.47 Å². The van der Waals surface area contributed by atoms with Crippen LogP contribution >= 0.6 is 0 Å². The van der Waals surface area contributed by atoms with Gasteiger partial charge in [0.05, 0.1) is 24.1 Å². The molecule has 3 aromatic rings. The Balaban J connectivity index is 1.12. The van der Waals surface area contributed by atoms with Crippen LogP contribution in [0.5, 0.6) is 5.75 Å². The Morgan fingerprint density at radius 1 is 1.00 bits per heavy atom. The summed E-state index contributed by atoms with van der Waals surface area (Å²) in [5.41, 5.74) is 2.38. The molecule has 2 aliphatic heterocycles. The van der Waals surface area contributed by atoms with E-state index in [9.17, 15) is 9.59 Å². The monoisotopic (exact) mass is 454 g/mol. The van der Waals surface area contributed by atoms with Gasteiger partial charge >= 0.3 is 5.97 Å². The maximum atomic E-state index is 13.6. The van der Waals surface area contributed by atoms with E-state index in [0.717, 1.165) is 41.8 Å². The molecule has 1 unspecified atom stereocenters. The van der Waals surface area contributed by atoms with Crippen molar-refractivity contribution in [2.24, 2.45) is 0 Å². The zero-order valence-corrected chi connectivity index (χ0v) is 18.9. The van der Waals surface area contributed by atoms with Crippen LogP contribution in [0.2, 0.25) is 0 Å². The Labute approximate surface area is 198 Å². The molecule has 0 N–H and O–H groups in total. The molecule has 34 heavy (non-hydrogen) atoms. The molecule has 1 saturated heterocycles. The molecule has 1 amide bonds. The first-order valence-corrected chi connectivity index (χ1v) is 11.9. The molecule has 1 saturated carbocycles. The molecular formula is C28H26N2O4. The molecule has 3 heterocycles. The second kappa shape index (κ2) is 7.97. The molecule has 1 atom stereocenters. The van der Waals surface area contributed by atoms with Gasteiger partial charge in [-0.3, -0.25) is 9.78 Å². The highest BCUT2D eigenvalue weighted by Crippen LogP contribution is 2.52. The molecule has 6 nitrogen and oxygen atoms in total. The standard InChI is InChI=1S/C28H26N2O4/c31-25-23-6-1-2-7-24(23)28(34-25)15-17-30(19-28)26(32)27(13-14-27)20-8-10-22(11-9-20)33-18-12-21-5-3-4-16-29-21/h1-11,16H,12-15,17-19H2. The van der Waals surface area contributed by atoms with E-state index in [-0.39, 0.29) is 11.9 Å². The summed E-state index contributed by atoms with van der Waals surface area (Å²) in [6.07, 6.45) is 4.85. The first-order valence-electron chi connectivity index (χ1n) is 11.9. The molecule has 1 spiro atoms. The lowest BCUT2D eigenvalue weighted by molar-refractivity contribution is -0.134. The molecule has 0 bridgehead atoms. The van der Waals surface area contributed by atoms with Gasteiger partial charge in [0, 0.05) is 36.8 Å². The number of esters is 1. The summed E-state index contributed by atoms with van der Waals surface area (Å²) < 4.78 is 11.7. The van der Waals surface area contributed by atoms with Crippen molar-refractivity contribution >= 4 is 11.9 Å². The highest BCUT2D eigenvalue weighted by atomic mass is 16.6. The first-order chi connectivity index (χ1) is 16.6. The number of ether oxygens (including phenoxy) is 2. The second-order valence-corrected chi connectivity index (χ2v) is 9.43. The summed E-state index contributed by atoms with van der Waals surface area (Å²) in [5.74, 6) is 0.635. The van der Waals surface area contributed by atoms with Crippen LogP contribution in [0.3, 0.4) is 0 Å². The van der Waals surface area contributed by atoms with E-state index in [0.29, 0.717) is 31.7 Å². The van der Waals surface area contributed by atoms with Crippen LogP contribution in [0.4, 0.5) is 0 Å². The van der Waals surface area contributed by atoms with Crippen LogP contribution in [0, 0.1) is 0 Å². The fourth-order valence-electron chi connectivity index (χ4n) is 5.35. The fourth-order valence-corrected chi connectivity index (χ4v) is 5.35. The molecule has 6 rings (SSSR count). The van der Waals surface area contributed by atoms with Crippen molar-refractivity contribution in [1.29, 1.82) is 0 Å². The Bertz CT molecular complexity index is 1240. The SMILES string of the molecule is O=C1OC2(CCN(C(=O)C3(c4ccc(OCCc5ccccn5)cc4)CC3)C2)c2ccccc21. The van der Waals surface area contributed by atoms with Crippen LogP contribution in [-0.2, 0) is 27.0 Å². The molecule has 0 radical (unpaired) electrons. The second-order valence-electron chi connectivity index (χ2n) is 9.43. The first kappa shape index (κ1) is 20.9. The van der Waals surface area contributed by atoms with Gasteiger partial charge in [-0.1, -0.05) is 36.4 Å². The lowest BCUT2D eigenvalue weighted by Crippen LogP contribution is -2.40. The van der Waals surface area contributed by atoms with Crippen LogP contribution in [0.1, 0.15) is 46.4 Å². The number of carbonyl (C=O) groups is 2. The molecule has 1 aliphatic carbocycles. The van der Waals surface area contributed by atoms with E-state index >= 15 is 0 Å². The van der Waals surface area contributed by atoms with E-state index < -0.39 is 11.0 Å². The third-order valence-corrected chi connectivity index (χ3v) is 7.36. The van der Waals surface area contributed by atoms with Crippen LogP contribution in [-0.4, -0.2) is 41.5 Å². The van der Waals surface area contributed by atoms with Crippen molar-refractivity contribution in [1.82, 2.24) is 9.88 Å². The van der Waals surface area contributed by atoms with Gasteiger partial charge in [-0.2, -0.15) is 0 Å². The zero-order valence-electron chi connectivity index (χ0n) is 18.9. The van der Waals surface area contributed by atoms with Gasteiger partial charge in [0.1, 0.15) is 5.75 Å². The summed E-state index contributed by atoms with van der Waals surface area (Å²) >= 11 is 0. The van der Waals surface area contributed by atoms with Gasteiger partial charge in [-0.25, -0.2) is 4.79 Å². The fraction of sp³-hybridized carbons (Fsp3) is 0.321. The van der Waals surface area contributed by atoms with Gasteiger partial charge in [-0.15, -0.1) is 0 Å². The average Bonchev–Trinajstić information content (AvgIpc) is 3.51. The Hall–Kier alpha value is -3.67. The van der Waals surface area contributed by atoms with E-state index in [1.165, 1.54) is 0 Å². The number of nitrogens with zero attached hydrogens (tertiary/aromatic N) is 2. The summed E-state index contributed by atoms with van der Waals surface area (Å²) in [6, 6.07) is 21.3. The van der Waals surface area contributed by atoms with Crippen LogP contribution in [0.15, 0.2) is 72.9 Å². The number of benzene rings is 2. The molecular weight excluding hydrogens is 428 g/mol. The molecule has 1 aromatic heterocycles. The lowest BCUT2D eigenvalue weighted by Gasteiger charge is -2.27. The van der Waals surface area contributed by atoms with Gasteiger partial charge in [0.25, 0.3) is 0 Å². The number of fused-ring (bicyclic) bond motifs is 2. The van der Waals surface area contributed by atoms with E-state index in [1.807, 2.05) is 65.6 Å². The van der Waals surface area contributed by atoms with Gasteiger partial charge in [0.2, 0.25) is 5.91 Å². The van der Waals surface area contributed by atoms with Gasteiger partial charge < -0.3 is 14.4 Å². The molecule has 3 aliphatic rings. The predicted molar refractivity (Wildman–Crippen MR) is 126 cm³/mol. The van der Waals surface area contributed by atoms with Crippen LogP contribution in [0.25, 0.3) is 0 Å². The largest absolute Gasteiger partial charge is 0.493 e. The summed E-state index contributed by atoms with van der Waals surface area (Å²) in [5, 5.41) is 0. The molecule has 2 aromatic carbocycles. The Kier molecular flexibility index (Phi) is 4.90. The topological polar surface area (TPSA) is 68.7 Å². The minimum absolute atomic E-state index is 0.133. The quantitative estimate of drug-likeness (QED) is 0.526. The number of rotatable bonds is 6. The predicted octanol–water partition coefficient (Wildman–Crippen LogP) is 4.03. The maximum absolute atomic E-state index is 13.6. The highest BCUT2D eigenvalue weighted by Gasteiger charge is 2.57. The third kappa shape index (κ3) is 3.45. The molecule has 6 heteroatoms.